The van der Waals surface area contributed by atoms with Gasteiger partial charge in [0.1, 0.15) is 0 Å². The van der Waals surface area contributed by atoms with Crippen molar-refractivity contribution < 1.29 is 13.2 Å². The lowest BCUT2D eigenvalue weighted by molar-refractivity contribution is -0.138. The first-order chi connectivity index (χ1) is 11.5. The van der Waals surface area contributed by atoms with Crippen LogP contribution in [0.5, 0.6) is 0 Å². The first-order valence-electron chi connectivity index (χ1n) is 8.77. The molecule has 0 amide bonds. The summed E-state index contributed by atoms with van der Waals surface area (Å²) in [4.78, 5) is 4.61. The second-order valence-corrected chi connectivity index (χ2v) is 6.88. The van der Waals surface area contributed by atoms with Crippen molar-refractivity contribution in [2.75, 3.05) is 32.7 Å². The predicted molar refractivity (Wildman–Crippen MR) is 89.6 cm³/mol. The Morgan fingerprint density at radius 2 is 1.67 bits per heavy atom. The molecule has 1 aromatic rings. The molecule has 0 radical (unpaired) electrons. The summed E-state index contributed by atoms with van der Waals surface area (Å²) in [5, 5.41) is 0. The predicted octanol–water partition coefficient (Wildman–Crippen LogP) is 4.18. The molecule has 3 rings (SSSR count). The van der Waals surface area contributed by atoms with E-state index in [0.29, 0.717) is 12.1 Å². The molecule has 1 aromatic carbocycles. The number of hydrogen-bond donors (Lipinski definition) is 0. The number of hydrogen-bond acceptors (Lipinski definition) is 2. The minimum absolute atomic E-state index is 0.385. The van der Waals surface area contributed by atoms with Gasteiger partial charge in [-0.1, -0.05) is 30.4 Å². The number of nitrogens with zero attached hydrogens (tertiary/aromatic N) is 2. The van der Waals surface area contributed by atoms with Crippen molar-refractivity contribution in [3.05, 3.63) is 47.5 Å². The van der Waals surface area contributed by atoms with Crippen molar-refractivity contribution >= 4 is 0 Å². The Labute approximate surface area is 141 Å². The number of halogens is 3. The standard InChI is InChI=1S/C19H25F3N2/c20-19(21,22)18-9-5-4-8-17(18)15-24-12-10-23(11-13-24)14-16-6-2-1-3-7-16/h1-2,4-5,8-9,16H,3,6-7,10-15H2/t16-/m0/s1. The highest BCUT2D eigenvalue weighted by atomic mass is 19.4. The lowest BCUT2D eigenvalue weighted by Gasteiger charge is -2.37. The van der Waals surface area contributed by atoms with E-state index in [4.69, 9.17) is 0 Å². The van der Waals surface area contributed by atoms with Crippen LogP contribution >= 0.6 is 0 Å². The maximum Gasteiger partial charge on any atom is 0.416 e. The normalized spacial score (nSPS) is 23.5. The topological polar surface area (TPSA) is 6.48 Å². The van der Waals surface area contributed by atoms with Gasteiger partial charge < -0.3 is 4.90 Å². The van der Waals surface area contributed by atoms with E-state index in [1.165, 1.54) is 31.4 Å². The van der Waals surface area contributed by atoms with Crippen LogP contribution in [0.1, 0.15) is 30.4 Å². The molecule has 1 saturated heterocycles. The molecule has 1 atom stereocenters. The van der Waals surface area contributed by atoms with Gasteiger partial charge in [-0.05, 0) is 36.8 Å². The fourth-order valence-electron chi connectivity index (χ4n) is 3.69. The minimum Gasteiger partial charge on any atom is -0.301 e. The van der Waals surface area contributed by atoms with Crippen molar-refractivity contribution in [2.24, 2.45) is 5.92 Å². The Hall–Kier alpha value is -1.33. The zero-order valence-electron chi connectivity index (χ0n) is 13.9. The van der Waals surface area contributed by atoms with Gasteiger partial charge in [0.15, 0.2) is 0 Å². The molecule has 1 fully saturated rings. The third kappa shape index (κ3) is 4.61. The monoisotopic (exact) mass is 338 g/mol. The van der Waals surface area contributed by atoms with E-state index in [-0.39, 0.29) is 0 Å². The highest BCUT2D eigenvalue weighted by Gasteiger charge is 2.33. The largest absolute Gasteiger partial charge is 0.416 e. The molecule has 0 unspecified atom stereocenters. The Morgan fingerprint density at radius 1 is 0.958 bits per heavy atom. The lowest BCUT2D eigenvalue weighted by Crippen LogP contribution is -2.47. The van der Waals surface area contributed by atoms with E-state index >= 15 is 0 Å². The summed E-state index contributed by atoms with van der Waals surface area (Å²) in [6.07, 6.45) is 3.87. The molecule has 1 aliphatic heterocycles. The highest BCUT2D eigenvalue weighted by molar-refractivity contribution is 5.29. The number of alkyl halides is 3. The molecule has 2 aliphatic rings. The molecular weight excluding hydrogens is 313 g/mol. The summed E-state index contributed by atoms with van der Waals surface area (Å²) < 4.78 is 39.3. The summed E-state index contributed by atoms with van der Waals surface area (Å²) in [5.74, 6) is 0.743. The number of piperazine rings is 1. The molecule has 1 aliphatic carbocycles. The van der Waals surface area contributed by atoms with E-state index in [1.807, 2.05) is 0 Å². The zero-order chi connectivity index (χ0) is 17.0. The highest BCUT2D eigenvalue weighted by Crippen LogP contribution is 2.32. The van der Waals surface area contributed by atoms with Gasteiger partial charge in [0, 0.05) is 39.3 Å². The van der Waals surface area contributed by atoms with Gasteiger partial charge in [-0.3, -0.25) is 4.90 Å². The molecule has 1 heterocycles. The van der Waals surface area contributed by atoms with Gasteiger partial charge >= 0.3 is 6.18 Å². The van der Waals surface area contributed by atoms with Gasteiger partial charge in [0.05, 0.1) is 5.56 Å². The lowest BCUT2D eigenvalue weighted by atomic mass is 9.94. The first kappa shape index (κ1) is 17.5. The van der Waals surface area contributed by atoms with Crippen LogP contribution in [0.4, 0.5) is 13.2 Å². The molecule has 2 nitrogen and oxygen atoms in total. The molecule has 0 bridgehead atoms. The minimum atomic E-state index is -4.27. The van der Waals surface area contributed by atoms with Gasteiger partial charge in [-0.15, -0.1) is 0 Å². The number of allylic oxidation sites excluding steroid dienone is 2. The quantitative estimate of drug-likeness (QED) is 0.760. The van der Waals surface area contributed by atoms with E-state index < -0.39 is 11.7 Å². The van der Waals surface area contributed by atoms with Crippen molar-refractivity contribution in [1.29, 1.82) is 0 Å². The van der Waals surface area contributed by atoms with Crippen LogP contribution in [0.25, 0.3) is 0 Å². The Morgan fingerprint density at radius 3 is 2.33 bits per heavy atom. The smallest absolute Gasteiger partial charge is 0.301 e. The van der Waals surface area contributed by atoms with Crippen LogP contribution in [-0.4, -0.2) is 42.5 Å². The average molecular weight is 338 g/mol. The molecule has 0 spiro atoms. The summed E-state index contributed by atoms with van der Waals surface area (Å²) in [6, 6.07) is 5.94. The van der Waals surface area contributed by atoms with E-state index in [1.54, 1.807) is 12.1 Å². The van der Waals surface area contributed by atoms with Crippen LogP contribution in [0.3, 0.4) is 0 Å². The van der Waals surface area contributed by atoms with Gasteiger partial charge in [-0.25, -0.2) is 0 Å². The zero-order valence-corrected chi connectivity index (χ0v) is 13.9. The molecule has 5 heteroatoms. The van der Waals surface area contributed by atoms with E-state index in [9.17, 15) is 13.2 Å². The fourth-order valence-corrected chi connectivity index (χ4v) is 3.69. The first-order valence-corrected chi connectivity index (χ1v) is 8.77. The molecule has 0 aromatic heterocycles. The van der Waals surface area contributed by atoms with E-state index in [0.717, 1.165) is 38.6 Å². The van der Waals surface area contributed by atoms with Crippen LogP contribution in [-0.2, 0) is 12.7 Å². The number of rotatable bonds is 4. The molecule has 0 N–H and O–H groups in total. The SMILES string of the molecule is FC(F)(F)c1ccccc1CN1CCN(C[C@H]2CC=CCC2)CC1. The fraction of sp³-hybridized carbons (Fsp3) is 0.579. The summed E-state index contributed by atoms with van der Waals surface area (Å²) in [5.41, 5.74) is -0.114. The summed E-state index contributed by atoms with van der Waals surface area (Å²) in [6.45, 7) is 5.10. The van der Waals surface area contributed by atoms with E-state index in [2.05, 4.69) is 22.0 Å². The number of benzene rings is 1. The molecule has 24 heavy (non-hydrogen) atoms. The second kappa shape index (κ2) is 7.70. The maximum absolute atomic E-state index is 13.1. The molecule has 132 valence electrons. The van der Waals surface area contributed by atoms with Gasteiger partial charge in [0.25, 0.3) is 0 Å². The molecule has 0 saturated carbocycles. The average Bonchev–Trinajstić information content (AvgIpc) is 2.57. The van der Waals surface area contributed by atoms with Crippen molar-refractivity contribution in [3.8, 4) is 0 Å². The Balaban J connectivity index is 1.52. The van der Waals surface area contributed by atoms with Crippen LogP contribution in [0, 0.1) is 5.92 Å². The Kier molecular flexibility index (Phi) is 5.61. The third-order valence-corrected chi connectivity index (χ3v) is 5.08. The van der Waals surface area contributed by atoms with Crippen LogP contribution in [0.2, 0.25) is 0 Å². The maximum atomic E-state index is 13.1. The second-order valence-electron chi connectivity index (χ2n) is 6.88. The van der Waals surface area contributed by atoms with Crippen LogP contribution < -0.4 is 0 Å². The van der Waals surface area contributed by atoms with Crippen molar-refractivity contribution in [1.82, 2.24) is 9.80 Å². The van der Waals surface area contributed by atoms with Gasteiger partial charge in [0.2, 0.25) is 0 Å². The third-order valence-electron chi connectivity index (χ3n) is 5.08. The Bertz CT molecular complexity index is 560. The van der Waals surface area contributed by atoms with Gasteiger partial charge in [-0.2, -0.15) is 13.2 Å². The molecular formula is C19H25F3N2. The summed E-state index contributed by atoms with van der Waals surface area (Å²) >= 11 is 0. The van der Waals surface area contributed by atoms with Crippen molar-refractivity contribution in [2.45, 2.75) is 32.0 Å². The summed E-state index contributed by atoms with van der Waals surface area (Å²) in [7, 11) is 0. The van der Waals surface area contributed by atoms with Crippen LogP contribution in [0.15, 0.2) is 36.4 Å². The van der Waals surface area contributed by atoms with Crippen molar-refractivity contribution in [3.63, 3.8) is 0 Å².